The third-order valence-electron chi connectivity index (χ3n) is 2.87. The summed E-state index contributed by atoms with van der Waals surface area (Å²) in [6.07, 6.45) is -2.71. The second kappa shape index (κ2) is 6.39. The number of halogens is 3. The lowest BCUT2D eigenvalue weighted by Crippen LogP contribution is -2.17. The summed E-state index contributed by atoms with van der Waals surface area (Å²) < 4.78 is 38.0. The third kappa shape index (κ3) is 4.00. The van der Waals surface area contributed by atoms with Gasteiger partial charge in [0.15, 0.2) is 0 Å². The topological polar surface area (TPSA) is 76.7 Å². The molecule has 0 amide bonds. The van der Waals surface area contributed by atoms with Crippen LogP contribution in [0.3, 0.4) is 0 Å². The molecule has 0 saturated carbocycles. The van der Waals surface area contributed by atoms with E-state index in [-0.39, 0.29) is 12.0 Å². The van der Waals surface area contributed by atoms with Crippen molar-refractivity contribution in [3.63, 3.8) is 0 Å². The number of rotatable bonds is 4. The van der Waals surface area contributed by atoms with Gasteiger partial charge in [-0.25, -0.2) is 0 Å². The van der Waals surface area contributed by atoms with Crippen LogP contribution in [-0.4, -0.2) is 21.2 Å². The molecular formula is C13H14F3N5S. The Morgan fingerprint density at radius 2 is 1.77 bits per heavy atom. The van der Waals surface area contributed by atoms with E-state index in [9.17, 15) is 13.2 Å². The molecule has 0 saturated heterocycles. The molecule has 22 heavy (non-hydrogen) atoms. The van der Waals surface area contributed by atoms with E-state index in [0.29, 0.717) is 0 Å². The van der Waals surface area contributed by atoms with Gasteiger partial charge in [0.05, 0.1) is 6.04 Å². The van der Waals surface area contributed by atoms with E-state index >= 15 is 0 Å². The van der Waals surface area contributed by atoms with E-state index in [1.54, 1.807) is 18.7 Å². The van der Waals surface area contributed by atoms with Gasteiger partial charge in [0.25, 0.3) is 0 Å². The Bertz CT molecular complexity index is 645. The minimum Gasteiger partial charge on any atom is -0.368 e. The first-order valence-electron chi connectivity index (χ1n) is 6.29. The minimum atomic E-state index is -4.67. The standard InChI is InChI=1S/C13H14F3N5S/c1-7(8-3-5-9(22-2)6-4-8)18-12-20-10(13(14,15)16)19-11(17)21-12/h3-7H,1-2H3,(H3,17,18,19,20,21). The smallest absolute Gasteiger partial charge is 0.368 e. The number of thioether (sulfide) groups is 1. The molecule has 118 valence electrons. The van der Waals surface area contributed by atoms with Crippen molar-refractivity contribution in [3.05, 3.63) is 35.7 Å². The van der Waals surface area contributed by atoms with Crippen LogP contribution in [0.4, 0.5) is 25.1 Å². The lowest BCUT2D eigenvalue weighted by Gasteiger charge is -2.15. The Balaban J connectivity index is 2.20. The summed E-state index contributed by atoms with van der Waals surface area (Å²) in [6.45, 7) is 1.79. The lowest BCUT2D eigenvalue weighted by molar-refractivity contribution is -0.144. The molecule has 0 bridgehead atoms. The predicted molar refractivity (Wildman–Crippen MR) is 79.5 cm³/mol. The van der Waals surface area contributed by atoms with Crippen molar-refractivity contribution in [3.8, 4) is 0 Å². The van der Waals surface area contributed by atoms with Gasteiger partial charge in [0.1, 0.15) is 0 Å². The fourth-order valence-electron chi connectivity index (χ4n) is 1.75. The number of hydrogen-bond acceptors (Lipinski definition) is 6. The highest BCUT2D eigenvalue weighted by Gasteiger charge is 2.35. The minimum absolute atomic E-state index is 0.207. The number of hydrogen-bond donors (Lipinski definition) is 2. The molecule has 2 aromatic rings. The van der Waals surface area contributed by atoms with Crippen LogP contribution in [0.1, 0.15) is 24.4 Å². The van der Waals surface area contributed by atoms with Crippen LogP contribution in [0.5, 0.6) is 0 Å². The van der Waals surface area contributed by atoms with Gasteiger partial charge in [-0.2, -0.15) is 28.1 Å². The molecular weight excluding hydrogens is 315 g/mol. The van der Waals surface area contributed by atoms with Gasteiger partial charge in [-0.3, -0.25) is 0 Å². The highest BCUT2D eigenvalue weighted by molar-refractivity contribution is 7.98. The summed E-state index contributed by atoms with van der Waals surface area (Å²) in [4.78, 5) is 11.2. The van der Waals surface area contributed by atoms with E-state index in [1.807, 2.05) is 30.5 Å². The molecule has 1 heterocycles. The zero-order valence-electron chi connectivity index (χ0n) is 11.8. The SMILES string of the molecule is CSc1ccc(C(C)Nc2nc(N)nc(C(F)(F)F)n2)cc1. The van der Waals surface area contributed by atoms with Gasteiger partial charge >= 0.3 is 6.18 Å². The summed E-state index contributed by atoms with van der Waals surface area (Å²) in [6, 6.07) is 7.36. The van der Waals surface area contributed by atoms with Crippen LogP contribution in [0.2, 0.25) is 0 Å². The van der Waals surface area contributed by atoms with Gasteiger partial charge in [0.2, 0.25) is 17.7 Å². The van der Waals surface area contributed by atoms with E-state index in [0.717, 1.165) is 10.5 Å². The quantitative estimate of drug-likeness (QED) is 0.838. The number of anilines is 2. The molecule has 0 radical (unpaired) electrons. The van der Waals surface area contributed by atoms with Crippen LogP contribution in [0, 0.1) is 0 Å². The normalized spacial score (nSPS) is 13.0. The van der Waals surface area contributed by atoms with E-state index < -0.39 is 17.9 Å². The van der Waals surface area contributed by atoms with Gasteiger partial charge in [0, 0.05) is 4.90 Å². The second-order valence-electron chi connectivity index (χ2n) is 4.48. The van der Waals surface area contributed by atoms with Crippen LogP contribution < -0.4 is 11.1 Å². The number of benzene rings is 1. The molecule has 0 aliphatic rings. The average molecular weight is 329 g/mol. The maximum Gasteiger partial charge on any atom is 0.451 e. The van der Waals surface area contributed by atoms with Crippen molar-refractivity contribution in [2.75, 3.05) is 17.3 Å². The Hall–Kier alpha value is -2.03. The molecule has 0 spiro atoms. The monoisotopic (exact) mass is 329 g/mol. The number of alkyl halides is 3. The second-order valence-corrected chi connectivity index (χ2v) is 5.36. The van der Waals surface area contributed by atoms with Gasteiger partial charge in [-0.05, 0) is 30.9 Å². The van der Waals surface area contributed by atoms with Crippen LogP contribution in [-0.2, 0) is 6.18 Å². The number of nitrogens with two attached hydrogens (primary N) is 1. The molecule has 0 fully saturated rings. The molecule has 9 heteroatoms. The first kappa shape index (κ1) is 16.3. The highest BCUT2D eigenvalue weighted by Crippen LogP contribution is 2.27. The molecule has 1 atom stereocenters. The van der Waals surface area contributed by atoms with E-state index in [1.165, 1.54) is 0 Å². The van der Waals surface area contributed by atoms with Crippen LogP contribution in [0.25, 0.3) is 0 Å². The lowest BCUT2D eigenvalue weighted by atomic mass is 10.1. The average Bonchev–Trinajstić information content (AvgIpc) is 2.45. The van der Waals surface area contributed by atoms with Crippen molar-refractivity contribution in [1.82, 2.24) is 15.0 Å². The van der Waals surface area contributed by atoms with Crippen molar-refractivity contribution in [2.45, 2.75) is 24.0 Å². The Morgan fingerprint density at radius 1 is 1.14 bits per heavy atom. The van der Waals surface area contributed by atoms with Crippen molar-refractivity contribution >= 4 is 23.7 Å². The molecule has 5 nitrogen and oxygen atoms in total. The van der Waals surface area contributed by atoms with Gasteiger partial charge < -0.3 is 11.1 Å². The van der Waals surface area contributed by atoms with Gasteiger partial charge in [-0.1, -0.05) is 12.1 Å². The number of nitrogens with one attached hydrogen (secondary N) is 1. The largest absolute Gasteiger partial charge is 0.451 e. The molecule has 0 aliphatic heterocycles. The Kier molecular flexibility index (Phi) is 4.74. The first-order chi connectivity index (χ1) is 10.3. The van der Waals surface area contributed by atoms with Crippen molar-refractivity contribution in [1.29, 1.82) is 0 Å². The summed E-state index contributed by atoms with van der Waals surface area (Å²) in [5.41, 5.74) is 6.20. The van der Waals surface area contributed by atoms with Crippen molar-refractivity contribution < 1.29 is 13.2 Å². The summed E-state index contributed by atoms with van der Waals surface area (Å²) in [5.74, 6) is -2.00. The highest BCUT2D eigenvalue weighted by atomic mass is 32.2. The third-order valence-corrected chi connectivity index (χ3v) is 3.61. The fraction of sp³-hybridized carbons (Fsp3) is 0.308. The van der Waals surface area contributed by atoms with Crippen LogP contribution >= 0.6 is 11.8 Å². The zero-order chi connectivity index (χ0) is 16.3. The molecule has 1 aromatic heterocycles. The summed E-state index contributed by atoms with van der Waals surface area (Å²) in [7, 11) is 0. The number of nitrogens with zero attached hydrogens (tertiary/aromatic N) is 3. The molecule has 2 rings (SSSR count). The first-order valence-corrected chi connectivity index (χ1v) is 7.51. The fourth-order valence-corrected chi connectivity index (χ4v) is 2.16. The number of nitrogen functional groups attached to an aromatic ring is 1. The van der Waals surface area contributed by atoms with Gasteiger partial charge in [-0.15, -0.1) is 11.8 Å². The van der Waals surface area contributed by atoms with E-state index in [2.05, 4.69) is 20.3 Å². The maximum atomic E-state index is 12.7. The zero-order valence-corrected chi connectivity index (χ0v) is 12.7. The van der Waals surface area contributed by atoms with E-state index in [4.69, 9.17) is 5.73 Å². The molecule has 1 unspecified atom stereocenters. The summed E-state index contributed by atoms with van der Waals surface area (Å²) in [5, 5.41) is 2.80. The predicted octanol–water partition coefficient (Wildman–Crippen LogP) is 3.37. The molecule has 0 aliphatic carbocycles. The van der Waals surface area contributed by atoms with Crippen molar-refractivity contribution in [2.24, 2.45) is 0 Å². The Morgan fingerprint density at radius 3 is 2.32 bits per heavy atom. The molecule has 3 N–H and O–H groups in total. The molecule has 1 aromatic carbocycles. The number of aromatic nitrogens is 3. The van der Waals surface area contributed by atoms with Crippen LogP contribution in [0.15, 0.2) is 29.2 Å². The Labute approximate surface area is 129 Å². The maximum absolute atomic E-state index is 12.7. The summed E-state index contributed by atoms with van der Waals surface area (Å²) >= 11 is 1.60.